The fourth-order valence-corrected chi connectivity index (χ4v) is 6.46. The summed E-state index contributed by atoms with van der Waals surface area (Å²) in [5.74, 6) is 1.97. The molecule has 0 radical (unpaired) electrons. The minimum absolute atomic E-state index is 0.0214. The molecule has 3 N–H and O–H groups in total. The predicted molar refractivity (Wildman–Crippen MR) is 105 cm³/mol. The first-order chi connectivity index (χ1) is 13.3. The molecule has 7 nitrogen and oxygen atoms in total. The van der Waals surface area contributed by atoms with Gasteiger partial charge in [-0.2, -0.15) is 13.6 Å². The average molecular weight is 409 g/mol. The van der Waals surface area contributed by atoms with E-state index >= 15 is 0 Å². The van der Waals surface area contributed by atoms with Crippen LogP contribution in [0.3, 0.4) is 0 Å². The van der Waals surface area contributed by atoms with E-state index in [9.17, 15) is 13.6 Å². The SMILES string of the molecule is COc1cc2c(cc1OS(N)(=O)=O)CCC1C2CC[C@]2(C)/C(=N/O)CCCC12. The smallest absolute Gasteiger partial charge is 0.380 e. The third-order valence-corrected chi connectivity index (χ3v) is 7.73. The first-order valence-corrected chi connectivity index (χ1v) is 11.4. The van der Waals surface area contributed by atoms with Crippen LogP contribution in [-0.2, 0) is 16.7 Å². The maximum atomic E-state index is 11.4. The summed E-state index contributed by atoms with van der Waals surface area (Å²) in [5, 5.41) is 18.3. The average Bonchev–Trinajstić information content (AvgIpc) is 2.64. The Labute approximate surface area is 166 Å². The first kappa shape index (κ1) is 19.5. The molecule has 28 heavy (non-hydrogen) atoms. The summed E-state index contributed by atoms with van der Waals surface area (Å²) in [6.07, 6.45) is 7.03. The van der Waals surface area contributed by atoms with Gasteiger partial charge in [0.15, 0.2) is 11.5 Å². The van der Waals surface area contributed by atoms with E-state index in [-0.39, 0.29) is 11.2 Å². The van der Waals surface area contributed by atoms with Crippen molar-refractivity contribution in [3.8, 4) is 11.5 Å². The van der Waals surface area contributed by atoms with Crippen molar-refractivity contribution < 1.29 is 22.5 Å². The van der Waals surface area contributed by atoms with Crippen LogP contribution in [0.15, 0.2) is 17.3 Å². The molecule has 0 heterocycles. The summed E-state index contributed by atoms with van der Waals surface area (Å²) in [5.41, 5.74) is 3.27. The Morgan fingerprint density at radius 3 is 2.68 bits per heavy atom. The molecule has 4 atom stereocenters. The van der Waals surface area contributed by atoms with Crippen LogP contribution in [-0.4, -0.2) is 26.4 Å². The molecule has 1 aromatic carbocycles. The minimum atomic E-state index is -4.11. The molecule has 154 valence electrons. The van der Waals surface area contributed by atoms with Crippen molar-refractivity contribution in [1.29, 1.82) is 0 Å². The monoisotopic (exact) mass is 408 g/mol. The Morgan fingerprint density at radius 1 is 1.21 bits per heavy atom. The van der Waals surface area contributed by atoms with Gasteiger partial charge in [0.05, 0.1) is 12.8 Å². The van der Waals surface area contributed by atoms with E-state index in [1.807, 2.05) is 6.07 Å². The van der Waals surface area contributed by atoms with E-state index in [0.717, 1.165) is 56.2 Å². The van der Waals surface area contributed by atoms with Gasteiger partial charge >= 0.3 is 10.3 Å². The molecule has 3 aliphatic carbocycles. The second kappa shape index (κ2) is 6.91. The standard InChI is InChI=1S/C20H28N2O5S/c1-20-9-8-13-14(16(20)4-3-5-19(20)22-23)7-6-12-10-18(27-28(21,24)25)17(26-2)11-15(12)13/h10-11,13-14,16,23H,3-9H2,1-2H3,(H2,21,24,25)/b22-19+/t13?,14?,16?,20-/m0/s1. The molecule has 0 saturated heterocycles. The van der Waals surface area contributed by atoms with Crippen molar-refractivity contribution >= 4 is 16.0 Å². The van der Waals surface area contributed by atoms with Crippen molar-refractivity contribution in [2.24, 2.45) is 27.5 Å². The largest absolute Gasteiger partial charge is 0.493 e. The normalized spacial score (nSPS) is 33.5. The third-order valence-electron chi connectivity index (χ3n) is 7.31. The van der Waals surface area contributed by atoms with Gasteiger partial charge in [0.2, 0.25) is 0 Å². The van der Waals surface area contributed by atoms with Gasteiger partial charge < -0.3 is 14.1 Å². The Hall–Kier alpha value is -1.80. The second-order valence-electron chi connectivity index (χ2n) is 8.59. The summed E-state index contributed by atoms with van der Waals surface area (Å²) >= 11 is 0. The van der Waals surface area contributed by atoms with E-state index in [4.69, 9.17) is 14.1 Å². The van der Waals surface area contributed by atoms with Crippen LogP contribution < -0.4 is 14.1 Å². The van der Waals surface area contributed by atoms with Gasteiger partial charge in [0.1, 0.15) is 0 Å². The summed E-state index contributed by atoms with van der Waals surface area (Å²) < 4.78 is 33.1. The number of hydrogen-bond acceptors (Lipinski definition) is 6. The lowest BCUT2D eigenvalue weighted by molar-refractivity contribution is 0.0599. The Morgan fingerprint density at radius 2 is 2.00 bits per heavy atom. The Balaban J connectivity index is 1.71. The molecule has 0 spiro atoms. The zero-order valence-electron chi connectivity index (χ0n) is 16.3. The van der Waals surface area contributed by atoms with Gasteiger partial charge in [-0.25, -0.2) is 0 Å². The van der Waals surface area contributed by atoms with E-state index < -0.39 is 10.3 Å². The highest BCUT2D eigenvalue weighted by atomic mass is 32.2. The molecule has 8 heteroatoms. The Bertz CT molecular complexity index is 913. The number of oxime groups is 1. The van der Waals surface area contributed by atoms with E-state index in [2.05, 4.69) is 12.1 Å². The molecular weight excluding hydrogens is 380 g/mol. The van der Waals surface area contributed by atoms with Crippen LogP contribution in [0.2, 0.25) is 0 Å². The van der Waals surface area contributed by atoms with Crippen LogP contribution in [0.1, 0.15) is 62.5 Å². The number of methoxy groups -OCH3 is 1. The molecule has 0 aliphatic heterocycles. The van der Waals surface area contributed by atoms with Gasteiger partial charge in [-0.3, -0.25) is 0 Å². The molecule has 0 aromatic heterocycles. The third kappa shape index (κ3) is 3.16. The second-order valence-corrected chi connectivity index (χ2v) is 9.74. The number of nitrogens with zero attached hydrogens (tertiary/aromatic N) is 1. The fraction of sp³-hybridized carbons (Fsp3) is 0.650. The maximum Gasteiger partial charge on any atom is 0.380 e. The molecule has 3 aliphatic rings. The van der Waals surface area contributed by atoms with Crippen LogP contribution in [0.4, 0.5) is 0 Å². The molecule has 2 fully saturated rings. The molecule has 0 amide bonds. The van der Waals surface area contributed by atoms with Gasteiger partial charge in [-0.05, 0) is 86.0 Å². The molecule has 0 bridgehead atoms. The zero-order valence-corrected chi connectivity index (χ0v) is 17.2. The number of hydrogen-bond donors (Lipinski definition) is 2. The lowest BCUT2D eigenvalue weighted by Crippen LogP contribution is -2.49. The summed E-state index contributed by atoms with van der Waals surface area (Å²) in [4.78, 5) is 0. The van der Waals surface area contributed by atoms with E-state index in [0.29, 0.717) is 23.5 Å². The predicted octanol–water partition coefficient (Wildman–Crippen LogP) is 3.35. The minimum Gasteiger partial charge on any atom is -0.493 e. The van der Waals surface area contributed by atoms with Crippen molar-refractivity contribution in [3.05, 3.63) is 23.3 Å². The quantitative estimate of drug-likeness (QED) is 0.588. The maximum absolute atomic E-state index is 11.4. The van der Waals surface area contributed by atoms with Gasteiger partial charge in [-0.1, -0.05) is 12.1 Å². The lowest BCUT2D eigenvalue weighted by Gasteiger charge is -2.54. The highest BCUT2D eigenvalue weighted by Gasteiger charge is 2.52. The highest BCUT2D eigenvalue weighted by molar-refractivity contribution is 7.84. The lowest BCUT2D eigenvalue weighted by atomic mass is 9.50. The van der Waals surface area contributed by atoms with Crippen molar-refractivity contribution in [2.45, 2.75) is 57.8 Å². The summed E-state index contributed by atoms with van der Waals surface area (Å²) in [6, 6.07) is 3.70. The first-order valence-electron chi connectivity index (χ1n) is 9.91. The van der Waals surface area contributed by atoms with Gasteiger partial charge in [0, 0.05) is 5.41 Å². The van der Waals surface area contributed by atoms with Gasteiger partial charge in [-0.15, -0.1) is 0 Å². The van der Waals surface area contributed by atoms with Crippen LogP contribution in [0.5, 0.6) is 11.5 Å². The van der Waals surface area contributed by atoms with Gasteiger partial charge in [0.25, 0.3) is 0 Å². The van der Waals surface area contributed by atoms with Crippen molar-refractivity contribution in [1.82, 2.24) is 0 Å². The Kier molecular flexibility index (Phi) is 4.82. The molecular formula is C20H28N2O5S. The molecule has 3 unspecified atom stereocenters. The van der Waals surface area contributed by atoms with Crippen LogP contribution >= 0.6 is 0 Å². The summed E-state index contributed by atoms with van der Waals surface area (Å²) in [6.45, 7) is 2.27. The van der Waals surface area contributed by atoms with Crippen molar-refractivity contribution in [3.63, 3.8) is 0 Å². The zero-order chi connectivity index (χ0) is 20.1. The number of ether oxygens (including phenoxy) is 1. The van der Waals surface area contributed by atoms with Crippen LogP contribution in [0, 0.1) is 17.3 Å². The molecule has 1 aromatic rings. The topological polar surface area (TPSA) is 111 Å². The number of benzene rings is 1. The van der Waals surface area contributed by atoms with Crippen LogP contribution in [0.25, 0.3) is 0 Å². The molecule has 2 saturated carbocycles. The number of fused-ring (bicyclic) bond motifs is 5. The van der Waals surface area contributed by atoms with Crippen molar-refractivity contribution in [2.75, 3.05) is 7.11 Å². The fourth-order valence-electron chi connectivity index (χ4n) is 6.08. The molecule has 4 rings (SSSR count). The van der Waals surface area contributed by atoms with E-state index in [1.165, 1.54) is 12.7 Å². The van der Waals surface area contributed by atoms with E-state index in [1.54, 1.807) is 6.07 Å². The number of aryl methyl sites for hydroxylation is 1. The number of rotatable bonds is 3. The summed E-state index contributed by atoms with van der Waals surface area (Å²) in [7, 11) is -2.61. The number of nitrogens with two attached hydrogens (primary N) is 1. The highest BCUT2D eigenvalue weighted by Crippen LogP contribution is 2.59.